The van der Waals surface area contributed by atoms with Gasteiger partial charge < -0.3 is 10.2 Å². The van der Waals surface area contributed by atoms with Crippen LogP contribution in [0.5, 0.6) is 0 Å². The fraction of sp³-hybridized carbons (Fsp3) is 0.647. The molecular formula is C17H28N2. The molecule has 2 rings (SSSR count). The minimum atomic E-state index is 0.657. The lowest BCUT2D eigenvalue weighted by Crippen LogP contribution is -2.35. The maximum atomic E-state index is 3.66. The number of nitrogens with zero attached hydrogens (tertiary/aromatic N) is 1. The van der Waals surface area contributed by atoms with Crippen LogP contribution in [0.4, 0.5) is 5.69 Å². The van der Waals surface area contributed by atoms with Crippen molar-refractivity contribution in [2.45, 2.75) is 52.0 Å². The molecule has 2 heteroatoms. The molecular weight excluding hydrogens is 232 g/mol. The van der Waals surface area contributed by atoms with Crippen LogP contribution in [0, 0.1) is 0 Å². The molecule has 0 radical (unpaired) electrons. The molecule has 1 aliphatic rings. The zero-order valence-electron chi connectivity index (χ0n) is 12.5. The van der Waals surface area contributed by atoms with Crippen LogP contribution in [0.2, 0.25) is 0 Å². The molecule has 1 aliphatic heterocycles. The standard InChI is InChI=1S/C17H28N2/c1-3-4-5-8-15(2)18-12-14-19-13-11-16-9-6-7-10-17(16)19/h6-7,9-10,15,18H,3-5,8,11-14H2,1-2H3. The van der Waals surface area contributed by atoms with E-state index in [1.165, 1.54) is 49.9 Å². The minimum Gasteiger partial charge on any atom is -0.370 e. The van der Waals surface area contributed by atoms with Crippen molar-refractivity contribution in [1.29, 1.82) is 0 Å². The molecule has 1 aromatic carbocycles. The van der Waals surface area contributed by atoms with E-state index in [0.717, 1.165) is 13.1 Å². The Morgan fingerprint density at radius 2 is 2.11 bits per heavy atom. The Bertz CT molecular complexity index is 375. The van der Waals surface area contributed by atoms with Crippen molar-refractivity contribution in [2.24, 2.45) is 0 Å². The van der Waals surface area contributed by atoms with Crippen LogP contribution >= 0.6 is 0 Å². The molecule has 1 aromatic rings. The third-order valence-electron chi connectivity index (χ3n) is 4.10. The Hall–Kier alpha value is -1.02. The zero-order chi connectivity index (χ0) is 13.5. The maximum absolute atomic E-state index is 3.66. The van der Waals surface area contributed by atoms with Crippen molar-refractivity contribution in [3.63, 3.8) is 0 Å². The van der Waals surface area contributed by atoms with Crippen molar-refractivity contribution < 1.29 is 0 Å². The lowest BCUT2D eigenvalue weighted by molar-refractivity contribution is 0.490. The first kappa shape index (κ1) is 14.4. The molecule has 1 atom stereocenters. The van der Waals surface area contributed by atoms with Gasteiger partial charge in [-0.15, -0.1) is 0 Å². The molecule has 1 heterocycles. The molecule has 0 fully saturated rings. The number of para-hydroxylation sites is 1. The largest absolute Gasteiger partial charge is 0.370 e. The highest BCUT2D eigenvalue weighted by atomic mass is 15.2. The molecule has 0 aliphatic carbocycles. The first-order valence-corrected chi connectivity index (χ1v) is 7.87. The van der Waals surface area contributed by atoms with Gasteiger partial charge in [0.1, 0.15) is 0 Å². The van der Waals surface area contributed by atoms with Gasteiger partial charge in [0.05, 0.1) is 0 Å². The van der Waals surface area contributed by atoms with E-state index in [-0.39, 0.29) is 0 Å². The van der Waals surface area contributed by atoms with Gasteiger partial charge in [0.25, 0.3) is 0 Å². The third-order valence-corrected chi connectivity index (χ3v) is 4.10. The summed E-state index contributed by atoms with van der Waals surface area (Å²) in [5.74, 6) is 0. The highest BCUT2D eigenvalue weighted by Gasteiger charge is 2.17. The Morgan fingerprint density at radius 3 is 2.95 bits per heavy atom. The van der Waals surface area contributed by atoms with Crippen LogP contribution in [-0.2, 0) is 6.42 Å². The first-order chi connectivity index (χ1) is 9.31. The van der Waals surface area contributed by atoms with Crippen molar-refractivity contribution >= 4 is 5.69 Å². The fourth-order valence-corrected chi connectivity index (χ4v) is 2.89. The third kappa shape index (κ3) is 4.24. The van der Waals surface area contributed by atoms with Gasteiger partial charge >= 0.3 is 0 Å². The average molecular weight is 260 g/mol. The van der Waals surface area contributed by atoms with Crippen molar-refractivity contribution in [3.05, 3.63) is 29.8 Å². The Balaban J connectivity index is 1.67. The van der Waals surface area contributed by atoms with E-state index in [9.17, 15) is 0 Å². The molecule has 0 spiro atoms. The molecule has 2 nitrogen and oxygen atoms in total. The Kier molecular flexibility index (Phi) is 5.71. The molecule has 0 amide bonds. The smallest absolute Gasteiger partial charge is 0.0399 e. The van der Waals surface area contributed by atoms with E-state index < -0.39 is 0 Å². The van der Waals surface area contributed by atoms with Crippen LogP contribution in [0.1, 0.15) is 45.1 Å². The summed E-state index contributed by atoms with van der Waals surface area (Å²) in [4.78, 5) is 2.51. The van der Waals surface area contributed by atoms with Gasteiger partial charge in [0.15, 0.2) is 0 Å². The van der Waals surface area contributed by atoms with E-state index in [1.807, 2.05) is 0 Å². The number of hydrogen-bond acceptors (Lipinski definition) is 2. The molecule has 19 heavy (non-hydrogen) atoms. The van der Waals surface area contributed by atoms with Crippen molar-refractivity contribution in [1.82, 2.24) is 5.32 Å². The summed E-state index contributed by atoms with van der Waals surface area (Å²) in [6.45, 7) is 8.00. The van der Waals surface area contributed by atoms with Gasteiger partial charge in [-0.3, -0.25) is 0 Å². The molecule has 1 unspecified atom stereocenters. The molecule has 0 bridgehead atoms. The summed E-state index contributed by atoms with van der Waals surface area (Å²) in [5.41, 5.74) is 2.96. The van der Waals surface area contributed by atoms with Gasteiger partial charge in [-0.1, -0.05) is 44.4 Å². The lowest BCUT2D eigenvalue weighted by Gasteiger charge is -2.21. The SMILES string of the molecule is CCCCCC(C)NCCN1CCc2ccccc21. The second-order valence-electron chi connectivity index (χ2n) is 5.72. The summed E-state index contributed by atoms with van der Waals surface area (Å²) in [6.07, 6.45) is 6.56. The van der Waals surface area contributed by atoms with Gasteiger partial charge in [0.2, 0.25) is 0 Å². The van der Waals surface area contributed by atoms with Gasteiger partial charge in [-0.25, -0.2) is 0 Å². The highest BCUT2D eigenvalue weighted by molar-refractivity contribution is 5.57. The fourth-order valence-electron chi connectivity index (χ4n) is 2.89. The summed E-state index contributed by atoms with van der Waals surface area (Å²) >= 11 is 0. The number of rotatable bonds is 8. The van der Waals surface area contributed by atoms with E-state index in [4.69, 9.17) is 0 Å². The molecule has 0 saturated heterocycles. The number of benzene rings is 1. The first-order valence-electron chi connectivity index (χ1n) is 7.87. The van der Waals surface area contributed by atoms with Gasteiger partial charge in [-0.2, -0.15) is 0 Å². The Labute approximate surface area is 118 Å². The number of hydrogen-bond donors (Lipinski definition) is 1. The number of nitrogens with one attached hydrogen (secondary N) is 1. The highest BCUT2D eigenvalue weighted by Crippen LogP contribution is 2.26. The Morgan fingerprint density at radius 1 is 1.26 bits per heavy atom. The van der Waals surface area contributed by atoms with Gasteiger partial charge in [-0.05, 0) is 31.4 Å². The lowest BCUT2D eigenvalue weighted by atomic mass is 10.1. The van der Waals surface area contributed by atoms with Gasteiger partial charge in [0, 0.05) is 31.4 Å². The monoisotopic (exact) mass is 260 g/mol. The normalized spacial score (nSPS) is 15.6. The van der Waals surface area contributed by atoms with Crippen LogP contribution in [0.3, 0.4) is 0 Å². The predicted molar refractivity (Wildman–Crippen MR) is 84.0 cm³/mol. The second-order valence-corrected chi connectivity index (χ2v) is 5.72. The molecule has 106 valence electrons. The summed E-state index contributed by atoms with van der Waals surface area (Å²) in [7, 11) is 0. The second kappa shape index (κ2) is 7.54. The zero-order valence-corrected chi connectivity index (χ0v) is 12.5. The van der Waals surface area contributed by atoms with Crippen LogP contribution < -0.4 is 10.2 Å². The summed E-state index contributed by atoms with van der Waals surface area (Å²) in [5, 5.41) is 3.66. The summed E-state index contributed by atoms with van der Waals surface area (Å²) < 4.78 is 0. The van der Waals surface area contributed by atoms with Crippen LogP contribution in [-0.4, -0.2) is 25.7 Å². The van der Waals surface area contributed by atoms with E-state index >= 15 is 0 Å². The molecule has 0 saturated carbocycles. The van der Waals surface area contributed by atoms with Crippen molar-refractivity contribution in [3.8, 4) is 0 Å². The average Bonchev–Trinajstić information content (AvgIpc) is 2.83. The van der Waals surface area contributed by atoms with Crippen molar-refractivity contribution in [2.75, 3.05) is 24.5 Å². The van der Waals surface area contributed by atoms with E-state index in [2.05, 4.69) is 48.3 Å². The van der Waals surface area contributed by atoms with E-state index in [0.29, 0.717) is 6.04 Å². The predicted octanol–water partition coefficient (Wildman–Crippen LogP) is 3.61. The summed E-state index contributed by atoms with van der Waals surface area (Å²) in [6, 6.07) is 9.47. The number of unbranched alkanes of at least 4 members (excludes halogenated alkanes) is 2. The minimum absolute atomic E-state index is 0.657. The van der Waals surface area contributed by atoms with Crippen LogP contribution in [0.25, 0.3) is 0 Å². The maximum Gasteiger partial charge on any atom is 0.0399 e. The quantitative estimate of drug-likeness (QED) is 0.718. The molecule has 1 N–H and O–H groups in total. The van der Waals surface area contributed by atoms with E-state index in [1.54, 1.807) is 0 Å². The number of fused-ring (bicyclic) bond motifs is 1. The molecule has 0 aromatic heterocycles. The number of anilines is 1. The van der Waals surface area contributed by atoms with Crippen LogP contribution in [0.15, 0.2) is 24.3 Å². The topological polar surface area (TPSA) is 15.3 Å².